The zero-order valence-corrected chi connectivity index (χ0v) is 14.4. The largest absolute Gasteiger partial charge is 0.445 e. The van der Waals surface area contributed by atoms with Gasteiger partial charge in [0, 0.05) is 11.2 Å². The van der Waals surface area contributed by atoms with Crippen LogP contribution in [-0.2, 0) is 0 Å². The molecule has 0 aliphatic heterocycles. The molecule has 0 aromatic carbocycles. The van der Waals surface area contributed by atoms with E-state index in [2.05, 4.69) is 32.5 Å². The van der Waals surface area contributed by atoms with Gasteiger partial charge in [-0.05, 0) is 45.7 Å². The van der Waals surface area contributed by atoms with Gasteiger partial charge in [-0.3, -0.25) is 9.78 Å². The minimum Gasteiger partial charge on any atom is -0.445 e. The van der Waals surface area contributed by atoms with Gasteiger partial charge in [0.1, 0.15) is 17.9 Å². The van der Waals surface area contributed by atoms with Crippen LogP contribution in [0.3, 0.4) is 0 Å². The highest BCUT2D eigenvalue weighted by molar-refractivity contribution is 6.14. The number of fused-ring (bicyclic) bond motifs is 1. The van der Waals surface area contributed by atoms with E-state index in [1.54, 1.807) is 13.1 Å². The monoisotopic (exact) mass is 337 g/mol. The molecule has 2 N–H and O–H groups in total. The topological polar surface area (TPSA) is 92.9 Å². The van der Waals surface area contributed by atoms with E-state index in [1.165, 1.54) is 6.26 Å². The lowest BCUT2D eigenvalue weighted by Crippen LogP contribution is -2.19. The maximum absolute atomic E-state index is 12.7. The van der Waals surface area contributed by atoms with Gasteiger partial charge in [0.15, 0.2) is 0 Å². The van der Waals surface area contributed by atoms with Crippen LogP contribution in [0.25, 0.3) is 11.1 Å². The Balaban J connectivity index is 1.71. The van der Waals surface area contributed by atoms with Crippen LogP contribution >= 0.6 is 0 Å². The smallest absolute Gasteiger partial charge is 0.259 e. The van der Waals surface area contributed by atoms with Gasteiger partial charge in [-0.2, -0.15) is 4.98 Å². The number of nitrogens with one attached hydrogen (secondary N) is 2. The van der Waals surface area contributed by atoms with Crippen molar-refractivity contribution in [1.29, 1.82) is 0 Å². The number of rotatable bonds is 4. The second-order valence-corrected chi connectivity index (χ2v) is 6.78. The number of aryl methyl sites for hydroxylation is 2. The third kappa shape index (κ3) is 3.05. The summed E-state index contributed by atoms with van der Waals surface area (Å²) in [6.45, 7) is 5.83. The number of furan rings is 1. The van der Waals surface area contributed by atoms with Gasteiger partial charge in [0.05, 0.1) is 22.8 Å². The summed E-state index contributed by atoms with van der Waals surface area (Å²) in [7, 11) is 0. The van der Waals surface area contributed by atoms with Gasteiger partial charge in [-0.15, -0.1) is 0 Å². The van der Waals surface area contributed by atoms with E-state index in [0.29, 0.717) is 34.0 Å². The minimum absolute atomic E-state index is 0.0274. The second-order valence-electron chi connectivity index (χ2n) is 6.78. The molecular formula is C18H19N5O2. The van der Waals surface area contributed by atoms with Gasteiger partial charge in [-0.1, -0.05) is 0 Å². The van der Waals surface area contributed by atoms with Gasteiger partial charge >= 0.3 is 0 Å². The lowest BCUT2D eigenvalue weighted by molar-refractivity contribution is 0.102. The molecule has 3 aromatic heterocycles. The summed E-state index contributed by atoms with van der Waals surface area (Å²) in [6, 6.07) is 3.66. The Bertz CT molecular complexity index is 958. The van der Waals surface area contributed by atoms with Crippen LogP contribution in [-0.4, -0.2) is 26.4 Å². The summed E-state index contributed by atoms with van der Waals surface area (Å²) >= 11 is 0. The highest BCUT2D eigenvalue weighted by atomic mass is 16.3. The molecule has 1 aliphatic carbocycles. The maximum Gasteiger partial charge on any atom is 0.259 e. The van der Waals surface area contributed by atoms with Crippen molar-refractivity contribution in [3.63, 3.8) is 0 Å². The molecule has 3 heterocycles. The van der Waals surface area contributed by atoms with E-state index < -0.39 is 0 Å². The van der Waals surface area contributed by atoms with Crippen LogP contribution in [0.5, 0.6) is 0 Å². The average Bonchev–Trinajstić information content (AvgIpc) is 3.12. The molecule has 1 fully saturated rings. The van der Waals surface area contributed by atoms with Crippen LogP contribution < -0.4 is 10.6 Å². The van der Waals surface area contributed by atoms with Crippen LogP contribution in [0.2, 0.25) is 0 Å². The van der Waals surface area contributed by atoms with Gasteiger partial charge in [0.25, 0.3) is 5.91 Å². The number of pyridine rings is 1. The fourth-order valence-corrected chi connectivity index (χ4v) is 2.64. The van der Waals surface area contributed by atoms with Crippen LogP contribution in [0.4, 0.5) is 11.5 Å². The maximum atomic E-state index is 12.7. The van der Waals surface area contributed by atoms with E-state index in [-0.39, 0.29) is 11.4 Å². The zero-order chi connectivity index (χ0) is 17.6. The van der Waals surface area contributed by atoms with E-state index in [0.717, 1.165) is 18.5 Å². The number of hydrogen-bond donors (Lipinski definition) is 2. The first-order chi connectivity index (χ1) is 11.9. The van der Waals surface area contributed by atoms with Crippen molar-refractivity contribution in [3.05, 3.63) is 41.7 Å². The van der Waals surface area contributed by atoms with E-state index >= 15 is 0 Å². The molecule has 0 radical (unpaired) electrons. The first kappa shape index (κ1) is 15.6. The number of anilines is 2. The number of carbonyl (C=O) groups excluding carboxylic acids is 1. The Morgan fingerprint density at radius 2 is 2.04 bits per heavy atom. The summed E-state index contributed by atoms with van der Waals surface area (Å²) in [5.41, 5.74) is 2.36. The predicted octanol–water partition coefficient (Wildman–Crippen LogP) is 3.45. The summed E-state index contributed by atoms with van der Waals surface area (Å²) < 4.78 is 5.52. The molecule has 1 aliphatic rings. The predicted molar refractivity (Wildman–Crippen MR) is 94.7 cm³/mol. The molecule has 128 valence electrons. The minimum atomic E-state index is -0.277. The number of hydrogen-bond acceptors (Lipinski definition) is 6. The van der Waals surface area contributed by atoms with E-state index in [4.69, 9.17) is 4.42 Å². The van der Waals surface area contributed by atoms with Crippen molar-refractivity contribution >= 4 is 28.5 Å². The molecule has 7 nitrogen and oxygen atoms in total. The molecule has 3 aromatic rings. The first-order valence-corrected chi connectivity index (χ1v) is 8.22. The summed E-state index contributed by atoms with van der Waals surface area (Å²) in [6.07, 6.45) is 5.20. The summed E-state index contributed by atoms with van der Waals surface area (Å²) in [5.74, 6) is 0.965. The summed E-state index contributed by atoms with van der Waals surface area (Å²) in [5, 5.41) is 6.87. The Labute approximate surface area is 144 Å². The Morgan fingerprint density at radius 3 is 2.72 bits per heavy atom. The van der Waals surface area contributed by atoms with Crippen molar-refractivity contribution in [2.75, 3.05) is 10.6 Å². The molecule has 7 heteroatoms. The number of nitrogens with zero attached hydrogens (tertiary/aromatic N) is 3. The highest BCUT2D eigenvalue weighted by Gasteiger charge is 2.38. The van der Waals surface area contributed by atoms with Crippen molar-refractivity contribution in [2.24, 2.45) is 0 Å². The summed E-state index contributed by atoms with van der Waals surface area (Å²) in [4.78, 5) is 25.7. The number of amides is 1. The van der Waals surface area contributed by atoms with Crippen LogP contribution in [0.1, 0.15) is 41.6 Å². The fourth-order valence-electron chi connectivity index (χ4n) is 2.64. The molecule has 25 heavy (non-hydrogen) atoms. The molecule has 0 atom stereocenters. The van der Waals surface area contributed by atoms with Crippen molar-refractivity contribution in [3.8, 4) is 0 Å². The SMILES string of the molecule is Cc1ccc(NC(=O)c2coc3nc(C)nc(NC4(C)CC4)c23)cn1. The Hall–Kier alpha value is -2.96. The highest BCUT2D eigenvalue weighted by Crippen LogP contribution is 2.40. The molecule has 0 bridgehead atoms. The zero-order valence-electron chi connectivity index (χ0n) is 14.4. The lowest BCUT2D eigenvalue weighted by Gasteiger charge is -2.14. The van der Waals surface area contributed by atoms with E-state index in [1.807, 2.05) is 19.1 Å². The third-order valence-electron chi connectivity index (χ3n) is 4.38. The van der Waals surface area contributed by atoms with Crippen LogP contribution in [0.15, 0.2) is 29.0 Å². The number of carbonyl (C=O) groups is 1. The first-order valence-electron chi connectivity index (χ1n) is 8.22. The van der Waals surface area contributed by atoms with Crippen molar-refractivity contribution in [1.82, 2.24) is 15.0 Å². The molecule has 0 unspecified atom stereocenters. The van der Waals surface area contributed by atoms with Crippen molar-refractivity contribution in [2.45, 2.75) is 39.2 Å². The Morgan fingerprint density at radius 1 is 1.24 bits per heavy atom. The fraction of sp³-hybridized carbons (Fsp3) is 0.333. The molecule has 0 saturated heterocycles. The normalized spacial score (nSPS) is 15.2. The molecule has 1 amide bonds. The van der Waals surface area contributed by atoms with Gasteiger partial charge in [-0.25, -0.2) is 4.98 Å². The number of aromatic nitrogens is 3. The molecule has 4 rings (SSSR count). The van der Waals surface area contributed by atoms with Crippen LogP contribution in [0, 0.1) is 13.8 Å². The molecular weight excluding hydrogens is 318 g/mol. The van der Waals surface area contributed by atoms with Gasteiger partial charge in [0.2, 0.25) is 5.71 Å². The standard InChI is InChI=1S/C18H19N5O2/c1-10-4-5-12(8-19-10)22-16(24)13-9-25-17-14(13)15(20-11(2)21-17)23-18(3)6-7-18/h4-5,8-9H,6-7H2,1-3H3,(H,22,24)(H,20,21,23). The average molecular weight is 337 g/mol. The van der Waals surface area contributed by atoms with E-state index in [9.17, 15) is 4.79 Å². The third-order valence-corrected chi connectivity index (χ3v) is 4.38. The molecule has 1 saturated carbocycles. The quantitative estimate of drug-likeness (QED) is 0.757. The van der Waals surface area contributed by atoms with Crippen molar-refractivity contribution < 1.29 is 9.21 Å². The Kier molecular flexibility index (Phi) is 3.45. The second kappa shape index (κ2) is 5.54. The molecule has 0 spiro atoms. The lowest BCUT2D eigenvalue weighted by atomic mass is 10.2. The van der Waals surface area contributed by atoms with Gasteiger partial charge < -0.3 is 15.1 Å².